The fraction of sp³-hybridized carbons (Fsp3) is 0.500. The van der Waals surface area contributed by atoms with E-state index in [1.54, 1.807) is 0 Å². The Balaban J connectivity index is 2.24. The van der Waals surface area contributed by atoms with Gasteiger partial charge in [0.15, 0.2) is 0 Å². The van der Waals surface area contributed by atoms with Crippen LogP contribution < -0.4 is 0 Å². The number of aromatic nitrogens is 2. The van der Waals surface area contributed by atoms with E-state index in [1.165, 1.54) is 0 Å². The molecule has 2 unspecified atom stereocenters. The molecule has 0 saturated carbocycles. The Morgan fingerprint density at radius 2 is 1.24 bits per heavy atom. The molecule has 0 fully saturated rings. The summed E-state index contributed by atoms with van der Waals surface area (Å²) in [5.74, 6) is 1.22. The van der Waals surface area contributed by atoms with E-state index in [9.17, 15) is 0 Å². The SMILES string of the molecule is Cc1cccc(C(CCCCl)OC(CCCCl)c2cccc(C)n2)n1. The van der Waals surface area contributed by atoms with Gasteiger partial charge in [-0.05, 0) is 63.8 Å². The third-order valence-corrected chi connectivity index (χ3v) is 4.54. The Hall–Kier alpha value is -1.16. The van der Waals surface area contributed by atoms with Crippen molar-refractivity contribution < 1.29 is 4.74 Å². The van der Waals surface area contributed by atoms with Gasteiger partial charge in [0.05, 0.1) is 11.4 Å². The van der Waals surface area contributed by atoms with E-state index >= 15 is 0 Å². The first-order valence-corrected chi connectivity index (χ1v) is 9.85. The van der Waals surface area contributed by atoms with Crippen LogP contribution in [0.25, 0.3) is 0 Å². The summed E-state index contributed by atoms with van der Waals surface area (Å²) < 4.78 is 6.49. The monoisotopic (exact) mass is 380 g/mol. The number of halogens is 2. The van der Waals surface area contributed by atoms with Crippen molar-refractivity contribution in [3.63, 3.8) is 0 Å². The maximum atomic E-state index is 6.49. The van der Waals surface area contributed by atoms with Crippen LogP contribution in [-0.4, -0.2) is 21.7 Å². The van der Waals surface area contributed by atoms with Crippen LogP contribution in [0.1, 0.15) is 60.7 Å². The van der Waals surface area contributed by atoms with Gasteiger partial charge in [0, 0.05) is 23.1 Å². The Morgan fingerprint density at radius 3 is 1.60 bits per heavy atom. The first-order chi connectivity index (χ1) is 12.1. The molecule has 136 valence electrons. The van der Waals surface area contributed by atoms with Crippen LogP contribution in [0.2, 0.25) is 0 Å². The lowest BCUT2D eigenvalue weighted by atomic mass is 10.1. The maximum Gasteiger partial charge on any atom is 0.100 e. The van der Waals surface area contributed by atoms with Gasteiger partial charge in [-0.1, -0.05) is 12.1 Å². The molecule has 2 aromatic heterocycles. The minimum atomic E-state index is -0.0960. The molecule has 2 atom stereocenters. The summed E-state index contributed by atoms with van der Waals surface area (Å²) in [5, 5.41) is 0. The molecule has 0 aliphatic carbocycles. The standard InChI is InChI=1S/C20H26Cl2N2O/c1-15-7-3-9-17(23-15)19(11-5-13-21)25-20(12-6-14-22)18-10-4-8-16(2)24-18/h3-4,7-10,19-20H,5-6,11-14H2,1-2H3. The van der Waals surface area contributed by atoms with Crippen LogP contribution >= 0.6 is 23.2 Å². The molecule has 0 amide bonds. The zero-order valence-electron chi connectivity index (χ0n) is 14.9. The second kappa shape index (κ2) is 10.7. The Bertz CT molecular complexity index is 596. The molecule has 0 aromatic carbocycles. The number of hydrogen-bond donors (Lipinski definition) is 0. The van der Waals surface area contributed by atoms with Crippen LogP contribution in [0.15, 0.2) is 36.4 Å². The van der Waals surface area contributed by atoms with Crippen LogP contribution in [0.3, 0.4) is 0 Å². The third-order valence-electron chi connectivity index (χ3n) is 4.01. The van der Waals surface area contributed by atoms with Crippen molar-refractivity contribution >= 4 is 23.2 Å². The molecule has 0 bridgehead atoms. The Morgan fingerprint density at radius 1 is 0.800 bits per heavy atom. The minimum Gasteiger partial charge on any atom is -0.362 e. The van der Waals surface area contributed by atoms with E-state index in [-0.39, 0.29) is 12.2 Å². The zero-order chi connectivity index (χ0) is 18.1. The number of nitrogens with zero attached hydrogens (tertiary/aromatic N) is 2. The molecule has 0 radical (unpaired) electrons. The van der Waals surface area contributed by atoms with Gasteiger partial charge >= 0.3 is 0 Å². The highest BCUT2D eigenvalue weighted by atomic mass is 35.5. The van der Waals surface area contributed by atoms with E-state index in [2.05, 4.69) is 9.97 Å². The second-order valence-electron chi connectivity index (χ2n) is 6.18. The highest BCUT2D eigenvalue weighted by molar-refractivity contribution is 6.18. The smallest absolute Gasteiger partial charge is 0.100 e. The summed E-state index contributed by atoms with van der Waals surface area (Å²) in [7, 11) is 0. The molecule has 0 saturated heterocycles. The quantitative estimate of drug-likeness (QED) is 0.479. The number of rotatable bonds is 10. The highest BCUT2D eigenvalue weighted by Crippen LogP contribution is 2.32. The first kappa shape index (κ1) is 20.2. The van der Waals surface area contributed by atoms with Crippen molar-refractivity contribution in [1.82, 2.24) is 9.97 Å². The Kier molecular flexibility index (Phi) is 8.66. The summed E-state index contributed by atoms with van der Waals surface area (Å²) in [6, 6.07) is 12.1. The van der Waals surface area contributed by atoms with Gasteiger partial charge in [-0.3, -0.25) is 9.97 Å². The number of pyridine rings is 2. The normalized spacial score (nSPS) is 13.6. The molecule has 0 aliphatic rings. The molecule has 25 heavy (non-hydrogen) atoms. The average molecular weight is 381 g/mol. The van der Waals surface area contributed by atoms with E-state index < -0.39 is 0 Å². The van der Waals surface area contributed by atoms with Crippen LogP contribution in [0.4, 0.5) is 0 Å². The molecule has 2 aromatic rings. The van der Waals surface area contributed by atoms with Crippen LogP contribution in [-0.2, 0) is 4.74 Å². The number of aryl methyl sites for hydroxylation is 2. The summed E-state index contributed by atoms with van der Waals surface area (Å²) in [6.45, 7) is 3.99. The molecular formula is C20H26Cl2N2O. The largest absolute Gasteiger partial charge is 0.362 e. The van der Waals surface area contributed by atoms with Gasteiger partial charge in [0.2, 0.25) is 0 Å². The molecule has 2 heterocycles. The van der Waals surface area contributed by atoms with Gasteiger partial charge in [0.25, 0.3) is 0 Å². The van der Waals surface area contributed by atoms with Crippen molar-refractivity contribution in [3.8, 4) is 0 Å². The zero-order valence-corrected chi connectivity index (χ0v) is 16.4. The minimum absolute atomic E-state index is 0.0960. The van der Waals surface area contributed by atoms with E-state index in [4.69, 9.17) is 27.9 Å². The predicted octanol–water partition coefficient (Wildman–Crippen LogP) is 5.93. The van der Waals surface area contributed by atoms with Crippen LogP contribution in [0, 0.1) is 13.8 Å². The summed E-state index contributed by atoms with van der Waals surface area (Å²) in [4.78, 5) is 9.31. The summed E-state index contributed by atoms with van der Waals surface area (Å²) in [6.07, 6.45) is 3.24. The summed E-state index contributed by atoms with van der Waals surface area (Å²) in [5.41, 5.74) is 3.88. The molecule has 5 heteroatoms. The lowest BCUT2D eigenvalue weighted by molar-refractivity contribution is -0.0289. The molecule has 0 aliphatic heterocycles. The number of hydrogen-bond acceptors (Lipinski definition) is 3. The maximum absolute atomic E-state index is 6.49. The van der Waals surface area contributed by atoms with Gasteiger partial charge in [-0.25, -0.2) is 0 Å². The van der Waals surface area contributed by atoms with Crippen molar-refractivity contribution in [2.75, 3.05) is 11.8 Å². The van der Waals surface area contributed by atoms with Gasteiger partial charge < -0.3 is 4.74 Å². The van der Waals surface area contributed by atoms with E-state index in [0.717, 1.165) is 48.5 Å². The lowest BCUT2D eigenvalue weighted by Gasteiger charge is -2.25. The molecule has 0 spiro atoms. The topological polar surface area (TPSA) is 35.0 Å². The van der Waals surface area contributed by atoms with Gasteiger partial charge in [-0.15, -0.1) is 23.2 Å². The average Bonchev–Trinajstić information content (AvgIpc) is 2.61. The van der Waals surface area contributed by atoms with Gasteiger partial charge in [-0.2, -0.15) is 0 Å². The number of ether oxygens (including phenoxy) is 1. The van der Waals surface area contributed by atoms with E-state index in [1.807, 2.05) is 50.2 Å². The molecule has 0 N–H and O–H groups in total. The van der Waals surface area contributed by atoms with Crippen molar-refractivity contribution in [1.29, 1.82) is 0 Å². The number of alkyl halides is 2. The second-order valence-corrected chi connectivity index (χ2v) is 6.94. The lowest BCUT2D eigenvalue weighted by Crippen LogP contribution is -2.14. The molecule has 3 nitrogen and oxygen atoms in total. The van der Waals surface area contributed by atoms with Crippen molar-refractivity contribution in [3.05, 3.63) is 59.2 Å². The Labute approximate surface area is 160 Å². The third kappa shape index (κ3) is 6.58. The fourth-order valence-corrected chi connectivity index (χ4v) is 3.09. The van der Waals surface area contributed by atoms with Crippen LogP contribution in [0.5, 0.6) is 0 Å². The van der Waals surface area contributed by atoms with Crippen molar-refractivity contribution in [2.45, 2.75) is 51.7 Å². The fourth-order valence-electron chi connectivity index (χ4n) is 2.78. The highest BCUT2D eigenvalue weighted by Gasteiger charge is 2.22. The van der Waals surface area contributed by atoms with Gasteiger partial charge in [0.1, 0.15) is 12.2 Å². The van der Waals surface area contributed by atoms with Crippen molar-refractivity contribution in [2.24, 2.45) is 0 Å². The first-order valence-electron chi connectivity index (χ1n) is 8.78. The van der Waals surface area contributed by atoms with E-state index in [0.29, 0.717) is 11.8 Å². The molecular weight excluding hydrogens is 355 g/mol. The molecule has 2 rings (SSSR count). The summed E-state index contributed by atoms with van der Waals surface area (Å²) >= 11 is 11.8. The predicted molar refractivity (Wildman–Crippen MR) is 104 cm³/mol.